The number of carbonyl (C=O) groups is 1. The molecule has 0 unspecified atom stereocenters. The molecular formula is C17H16F3NO3. The molecule has 0 bridgehead atoms. The van der Waals surface area contributed by atoms with Crippen LogP contribution in [0.5, 0.6) is 11.5 Å². The van der Waals surface area contributed by atoms with Gasteiger partial charge in [0.05, 0.1) is 31.9 Å². The largest absolute Gasteiger partial charge is 0.497 e. The maximum Gasteiger partial charge on any atom is 0.418 e. The molecule has 0 heterocycles. The van der Waals surface area contributed by atoms with Gasteiger partial charge in [0.1, 0.15) is 11.5 Å². The lowest BCUT2D eigenvalue weighted by Gasteiger charge is -2.14. The van der Waals surface area contributed by atoms with Crippen LogP contribution in [0.1, 0.15) is 11.1 Å². The van der Waals surface area contributed by atoms with E-state index in [0.717, 1.165) is 6.07 Å². The van der Waals surface area contributed by atoms with Crippen LogP contribution in [0.15, 0.2) is 42.5 Å². The Labute approximate surface area is 137 Å². The standard InChI is InChI=1S/C17H16F3NO3/c1-23-12-7-8-15(24-2)11(9-12)10-16(22)21-14-6-4-3-5-13(14)17(18,19)20/h3-9H,10H2,1-2H3,(H,21,22). The Bertz CT molecular complexity index is 729. The fraction of sp³-hybridized carbons (Fsp3) is 0.235. The second-order valence-electron chi connectivity index (χ2n) is 4.95. The van der Waals surface area contributed by atoms with E-state index in [1.165, 1.54) is 32.4 Å². The number of methoxy groups -OCH3 is 2. The first kappa shape index (κ1) is 17.7. The lowest BCUT2D eigenvalue weighted by atomic mass is 10.1. The quantitative estimate of drug-likeness (QED) is 0.899. The smallest absolute Gasteiger partial charge is 0.418 e. The summed E-state index contributed by atoms with van der Waals surface area (Å²) >= 11 is 0. The zero-order chi connectivity index (χ0) is 17.7. The maximum atomic E-state index is 13.0. The second-order valence-corrected chi connectivity index (χ2v) is 4.95. The average molecular weight is 339 g/mol. The summed E-state index contributed by atoms with van der Waals surface area (Å²) in [7, 11) is 2.92. The molecule has 1 N–H and O–H groups in total. The highest BCUT2D eigenvalue weighted by molar-refractivity contribution is 5.93. The molecule has 0 fully saturated rings. The summed E-state index contributed by atoms with van der Waals surface area (Å²) in [5.74, 6) is 0.391. The molecular weight excluding hydrogens is 323 g/mol. The lowest BCUT2D eigenvalue weighted by Crippen LogP contribution is -2.18. The van der Waals surface area contributed by atoms with E-state index in [1.54, 1.807) is 18.2 Å². The van der Waals surface area contributed by atoms with Gasteiger partial charge in [0, 0.05) is 5.56 Å². The summed E-state index contributed by atoms with van der Waals surface area (Å²) < 4.78 is 49.1. The van der Waals surface area contributed by atoms with Gasteiger partial charge >= 0.3 is 6.18 Å². The van der Waals surface area contributed by atoms with Crippen LogP contribution in [0.2, 0.25) is 0 Å². The fourth-order valence-electron chi connectivity index (χ4n) is 2.23. The summed E-state index contributed by atoms with van der Waals surface area (Å²) in [6, 6.07) is 9.73. The van der Waals surface area contributed by atoms with Crippen molar-refractivity contribution in [3.63, 3.8) is 0 Å². The van der Waals surface area contributed by atoms with Crippen molar-refractivity contribution >= 4 is 11.6 Å². The number of benzene rings is 2. The van der Waals surface area contributed by atoms with Crippen LogP contribution in [0.4, 0.5) is 18.9 Å². The predicted octanol–water partition coefficient (Wildman–Crippen LogP) is 3.90. The molecule has 0 aromatic heterocycles. The van der Waals surface area contributed by atoms with E-state index >= 15 is 0 Å². The molecule has 24 heavy (non-hydrogen) atoms. The highest BCUT2D eigenvalue weighted by atomic mass is 19.4. The minimum atomic E-state index is -4.54. The van der Waals surface area contributed by atoms with Crippen molar-refractivity contribution in [1.29, 1.82) is 0 Å². The van der Waals surface area contributed by atoms with Gasteiger partial charge in [-0.1, -0.05) is 12.1 Å². The number of hydrogen-bond acceptors (Lipinski definition) is 3. The van der Waals surface area contributed by atoms with Crippen molar-refractivity contribution in [1.82, 2.24) is 0 Å². The third-order valence-corrected chi connectivity index (χ3v) is 3.35. The molecule has 0 atom stereocenters. The van der Waals surface area contributed by atoms with Crippen LogP contribution in [0.25, 0.3) is 0 Å². The third-order valence-electron chi connectivity index (χ3n) is 3.35. The first-order chi connectivity index (χ1) is 11.3. The molecule has 128 valence electrons. The molecule has 0 aliphatic heterocycles. The molecule has 4 nitrogen and oxygen atoms in total. The van der Waals surface area contributed by atoms with Crippen molar-refractivity contribution in [2.75, 3.05) is 19.5 Å². The number of carbonyl (C=O) groups excluding carboxylic acids is 1. The number of alkyl halides is 3. The van der Waals surface area contributed by atoms with Gasteiger partial charge < -0.3 is 14.8 Å². The van der Waals surface area contributed by atoms with E-state index in [-0.39, 0.29) is 12.1 Å². The molecule has 2 rings (SSSR count). The monoisotopic (exact) mass is 339 g/mol. The lowest BCUT2D eigenvalue weighted by molar-refractivity contribution is -0.137. The van der Waals surface area contributed by atoms with Gasteiger partial charge in [-0.2, -0.15) is 13.2 Å². The molecule has 7 heteroatoms. The predicted molar refractivity (Wildman–Crippen MR) is 83.3 cm³/mol. The van der Waals surface area contributed by atoms with Crippen molar-refractivity contribution in [3.05, 3.63) is 53.6 Å². The normalized spacial score (nSPS) is 11.0. The summed E-state index contributed by atoms with van der Waals surface area (Å²) in [5.41, 5.74) is -0.661. The molecule has 0 aliphatic rings. The Balaban J connectivity index is 2.21. The number of halogens is 3. The highest BCUT2D eigenvalue weighted by Crippen LogP contribution is 2.34. The van der Waals surface area contributed by atoms with Crippen LogP contribution in [-0.2, 0) is 17.4 Å². The van der Waals surface area contributed by atoms with Crippen molar-refractivity contribution in [3.8, 4) is 11.5 Å². The Hall–Kier alpha value is -2.70. The number of anilines is 1. The second kappa shape index (κ2) is 7.25. The van der Waals surface area contributed by atoms with E-state index in [4.69, 9.17) is 9.47 Å². The van der Waals surface area contributed by atoms with Crippen LogP contribution >= 0.6 is 0 Å². The van der Waals surface area contributed by atoms with Gasteiger partial charge in [0.2, 0.25) is 5.91 Å². The third kappa shape index (κ3) is 4.18. The van der Waals surface area contributed by atoms with Crippen LogP contribution in [-0.4, -0.2) is 20.1 Å². The molecule has 0 aliphatic carbocycles. The average Bonchev–Trinajstić information content (AvgIpc) is 2.54. The zero-order valence-corrected chi connectivity index (χ0v) is 13.1. The first-order valence-electron chi connectivity index (χ1n) is 7.02. The minimum absolute atomic E-state index is 0.146. The summed E-state index contributed by atoms with van der Waals surface area (Å²) in [6.45, 7) is 0. The van der Waals surface area contributed by atoms with Gasteiger partial charge in [-0.25, -0.2) is 0 Å². The Kier molecular flexibility index (Phi) is 5.33. The van der Waals surface area contributed by atoms with Gasteiger partial charge in [0.25, 0.3) is 0 Å². The van der Waals surface area contributed by atoms with Crippen molar-refractivity contribution < 1.29 is 27.4 Å². The number of para-hydroxylation sites is 1. The molecule has 2 aromatic carbocycles. The fourth-order valence-corrected chi connectivity index (χ4v) is 2.23. The number of amides is 1. The molecule has 2 aromatic rings. The van der Waals surface area contributed by atoms with Gasteiger partial charge in [-0.05, 0) is 30.3 Å². The summed E-state index contributed by atoms with van der Waals surface area (Å²) in [4.78, 5) is 12.2. The Morgan fingerprint density at radius 1 is 1.08 bits per heavy atom. The van der Waals surface area contributed by atoms with E-state index in [0.29, 0.717) is 17.1 Å². The van der Waals surface area contributed by atoms with Crippen LogP contribution < -0.4 is 14.8 Å². The SMILES string of the molecule is COc1ccc(OC)c(CC(=O)Nc2ccccc2C(F)(F)F)c1. The number of ether oxygens (including phenoxy) is 2. The van der Waals surface area contributed by atoms with E-state index in [9.17, 15) is 18.0 Å². The Morgan fingerprint density at radius 3 is 2.42 bits per heavy atom. The van der Waals surface area contributed by atoms with Crippen molar-refractivity contribution in [2.24, 2.45) is 0 Å². The molecule has 1 amide bonds. The number of nitrogens with one attached hydrogen (secondary N) is 1. The summed E-state index contributed by atoms with van der Waals surface area (Å²) in [5, 5.41) is 2.30. The van der Waals surface area contributed by atoms with Crippen molar-refractivity contribution in [2.45, 2.75) is 12.6 Å². The first-order valence-corrected chi connectivity index (χ1v) is 7.02. The summed E-state index contributed by atoms with van der Waals surface area (Å²) in [6.07, 6.45) is -4.69. The van der Waals surface area contributed by atoms with Crippen LogP contribution in [0, 0.1) is 0 Å². The minimum Gasteiger partial charge on any atom is -0.497 e. The molecule has 0 radical (unpaired) electrons. The number of hydrogen-bond donors (Lipinski definition) is 1. The molecule has 0 spiro atoms. The molecule has 0 saturated carbocycles. The van der Waals surface area contributed by atoms with Crippen LogP contribution in [0.3, 0.4) is 0 Å². The highest BCUT2D eigenvalue weighted by Gasteiger charge is 2.33. The van der Waals surface area contributed by atoms with E-state index < -0.39 is 17.6 Å². The van der Waals surface area contributed by atoms with Gasteiger partial charge in [0.15, 0.2) is 0 Å². The maximum absolute atomic E-state index is 13.0. The van der Waals surface area contributed by atoms with E-state index in [1.807, 2.05) is 0 Å². The zero-order valence-electron chi connectivity index (χ0n) is 13.1. The van der Waals surface area contributed by atoms with Gasteiger partial charge in [-0.15, -0.1) is 0 Å². The topological polar surface area (TPSA) is 47.6 Å². The Morgan fingerprint density at radius 2 is 1.79 bits per heavy atom. The van der Waals surface area contributed by atoms with E-state index in [2.05, 4.69) is 5.32 Å². The van der Waals surface area contributed by atoms with Gasteiger partial charge in [-0.3, -0.25) is 4.79 Å². The molecule has 0 saturated heterocycles. The number of rotatable bonds is 5.